The third-order valence-corrected chi connectivity index (χ3v) is 4.90. The molecule has 1 nitrogen and oxygen atoms in total. The fourth-order valence-corrected chi connectivity index (χ4v) is 3.71. The van der Waals surface area contributed by atoms with Crippen molar-refractivity contribution < 1.29 is 0 Å². The van der Waals surface area contributed by atoms with Gasteiger partial charge in [-0.1, -0.05) is 78.4 Å². The number of benzene rings is 4. The maximum absolute atomic E-state index is 5.06. The van der Waals surface area contributed by atoms with Gasteiger partial charge in [-0.25, -0.2) is 4.98 Å². The van der Waals surface area contributed by atoms with Gasteiger partial charge >= 0.3 is 0 Å². The summed E-state index contributed by atoms with van der Waals surface area (Å²) in [6.45, 7) is 2.13. The zero-order valence-corrected chi connectivity index (χ0v) is 14.0. The van der Waals surface area contributed by atoms with Crippen LogP contribution in [0, 0.1) is 6.92 Å². The molecule has 0 fully saturated rings. The van der Waals surface area contributed by atoms with Gasteiger partial charge in [0.1, 0.15) is 0 Å². The van der Waals surface area contributed by atoms with Crippen LogP contribution < -0.4 is 0 Å². The lowest BCUT2D eigenvalue weighted by atomic mass is 9.96. The molecule has 5 aromatic rings. The molecule has 0 saturated carbocycles. The zero-order chi connectivity index (χ0) is 16.8. The summed E-state index contributed by atoms with van der Waals surface area (Å²) in [6.07, 6.45) is 0. The largest absolute Gasteiger partial charge is 0.247 e. The molecule has 0 bridgehead atoms. The monoisotopic (exact) mass is 319 g/mol. The third-order valence-electron chi connectivity index (χ3n) is 4.90. The summed E-state index contributed by atoms with van der Waals surface area (Å²) in [5.41, 5.74) is 4.56. The van der Waals surface area contributed by atoms with Crippen molar-refractivity contribution in [3.8, 4) is 11.3 Å². The van der Waals surface area contributed by atoms with E-state index in [4.69, 9.17) is 4.98 Å². The summed E-state index contributed by atoms with van der Waals surface area (Å²) in [7, 11) is 0. The van der Waals surface area contributed by atoms with Crippen molar-refractivity contribution in [2.24, 2.45) is 0 Å². The van der Waals surface area contributed by atoms with Crippen molar-refractivity contribution in [3.63, 3.8) is 0 Å². The van der Waals surface area contributed by atoms with Gasteiger partial charge in [-0.15, -0.1) is 0 Å². The molecular formula is C24H17N. The molecule has 118 valence electrons. The Morgan fingerprint density at radius 3 is 2.20 bits per heavy atom. The molecule has 0 N–H and O–H groups in total. The highest BCUT2D eigenvalue weighted by atomic mass is 14.7. The number of fused-ring (bicyclic) bond motifs is 4. The summed E-state index contributed by atoms with van der Waals surface area (Å²) in [6, 6.07) is 30.1. The molecule has 0 spiro atoms. The average Bonchev–Trinajstić information content (AvgIpc) is 2.67. The summed E-state index contributed by atoms with van der Waals surface area (Å²) in [5.74, 6) is 0. The van der Waals surface area contributed by atoms with Gasteiger partial charge in [0.05, 0.1) is 11.2 Å². The van der Waals surface area contributed by atoms with Crippen molar-refractivity contribution in [2.75, 3.05) is 0 Å². The first-order chi connectivity index (χ1) is 12.3. The Hall–Kier alpha value is -3.19. The Balaban J connectivity index is 1.97. The van der Waals surface area contributed by atoms with E-state index in [9.17, 15) is 0 Å². The summed E-state index contributed by atoms with van der Waals surface area (Å²) in [4.78, 5) is 5.06. The Morgan fingerprint density at radius 1 is 0.600 bits per heavy atom. The number of rotatable bonds is 1. The molecular weight excluding hydrogens is 302 g/mol. The standard InChI is InChI=1S/C24H17N/c1-16-13-14-23-22(15-16)19-10-4-5-11-21(19)24(25-23)20-12-6-8-17-7-2-3-9-18(17)20/h2-15H,1H3. The van der Waals surface area contributed by atoms with Gasteiger partial charge in [0, 0.05) is 16.3 Å². The van der Waals surface area contributed by atoms with Crippen LogP contribution in [0.4, 0.5) is 0 Å². The Labute approximate surface area is 146 Å². The first-order valence-corrected chi connectivity index (χ1v) is 8.58. The van der Waals surface area contributed by atoms with Crippen molar-refractivity contribution >= 4 is 32.4 Å². The molecule has 1 heterocycles. The van der Waals surface area contributed by atoms with Crippen molar-refractivity contribution in [1.29, 1.82) is 0 Å². The van der Waals surface area contributed by atoms with E-state index in [2.05, 4.69) is 91.9 Å². The van der Waals surface area contributed by atoms with E-state index in [0.717, 1.165) is 11.2 Å². The fourth-order valence-electron chi connectivity index (χ4n) is 3.71. The molecule has 0 aliphatic heterocycles. The molecule has 0 aliphatic rings. The van der Waals surface area contributed by atoms with E-state index in [0.29, 0.717) is 0 Å². The van der Waals surface area contributed by atoms with Crippen LogP contribution in [-0.2, 0) is 0 Å². The number of hydrogen-bond donors (Lipinski definition) is 0. The number of aryl methyl sites for hydroxylation is 1. The van der Waals surface area contributed by atoms with E-state index >= 15 is 0 Å². The molecule has 0 aliphatic carbocycles. The lowest BCUT2D eigenvalue weighted by Crippen LogP contribution is -1.91. The minimum atomic E-state index is 1.05. The van der Waals surface area contributed by atoms with Crippen molar-refractivity contribution in [2.45, 2.75) is 6.92 Å². The molecule has 0 amide bonds. The van der Waals surface area contributed by atoms with E-state index in [-0.39, 0.29) is 0 Å². The molecule has 5 rings (SSSR count). The number of pyridine rings is 1. The maximum Gasteiger partial charge on any atom is 0.0794 e. The molecule has 0 saturated heterocycles. The van der Waals surface area contributed by atoms with Crippen LogP contribution >= 0.6 is 0 Å². The minimum Gasteiger partial charge on any atom is -0.247 e. The van der Waals surface area contributed by atoms with Gasteiger partial charge in [-0.2, -0.15) is 0 Å². The predicted octanol–water partition coefficient (Wildman–Crippen LogP) is 6.52. The average molecular weight is 319 g/mol. The second-order valence-corrected chi connectivity index (χ2v) is 6.55. The maximum atomic E-state index is 5.06. The van der Waals surface area contributed by atoms with Gasteiger partial charge in [0.15, 0.2) is 0 Å². The van der Waals surface area contributed by atoms with E-state index in [1.54, 1.807) is 0 Å². The molecule has 0 atom stereocenters. The molecule has 4 aromatic carbocycles. The summed E-state index contributed by atoms with van der Waals surface area (Å²) < 4.78 is 0. The van der Waals surface area contributed by atoms with E-state index in [1.807, 2.05) is 0 Å². The second kappa shape index (κ2) is 5.42. The highest BCUT2D eigenvalue weighted by Gasteiger charge is 2.12. The van der Waals surface area contributed by atoms with Crippen LogP contribution in [-0.4, -0.2) is 4.98 Å². The lowest BCUT2D eigenvalue weighted by molar-refractivity contribution is 1.42. The smallest absolute Gasteiger partial charge is 0.0794 e. The molecule has 1 heteroatoms. The SMILES string of the molecule is Cc1ccc2nc(-c3cccc4ccccc34)c3ccccc3c2c1. The highest BCUT2D eigenvalue weighted by molar-refractivity contribution is 6.13. The quantitative estimate of drug-likeness (QED) is 0.321. The topological polar surface area (TPSA) is 12.9 Å². The number of nitrogens with zero attached hydrogens (tertiary/aromatic N) is 1. The van der Waals surface area contributed by atoms with Crippen LogP contribution in [0.15, 0.2) is 84.9 Å². The summed E-state index contributed by atoms with van der Waals surface area (Å²) >= 11 is 0. The van der Waals surface area contributed by atoms with Gasteiger partial charge in [-0.3, -0.25) is 0 Å². The van der Waals surface area contributed by atoms with Gasteiger partial charge in [-0.05, 0) is 35.2 Å². The number of aromatic nitrogens is 1. The van der Waals surface area contributed by atoms with Crippen LogP contribution in [0.1, 0.15) is 5.56 Å². The molecule has 1 aromatic heterocycles. The highest BCUT2D eigenvalue weighted by Crippen LogP contribution is 2.35. The third kappa shape index (κ3) is 2.20. The summed E-state index contributed by atoms with van der Waals surface area (Å²) in [5, 5.41) is 6.18. The van der Waals surface area contributed by atoms with Gasteiger partial charge < -0.3 is 0 Å². The van der Waals surface area contributed by atoms with Gasteiger partial charge in [0.2, 0.25) is 0 Å². The zero-order valence-electron chi connectivity index (χ0n) is 14.0. The molecule has 25 heavy (non-hydrogen) atoms. The molecule has 0 radical (unpaired) electrons. The lowest BCUT2D eigenvalue weighted by Gasteiger charge is -2.12. The molecule has 0 unspecified atom stereocenters. The Bertz CT molecular complexity index is 1250. The Morgan fingerprint density at radius 2 is 1.32 bits per heavy atom. The van der Waals surface area contributed by atoms with Crippen LogP contribution in [0.2, 0.25) is 0 Å². The van der Waals surface area contributed by atoms with Crippen molar-refractivity contribution in [3.05, 3.63) is 90.5 Å². The van der Waals surface area contributed by atoms with Crippen LogP contribution in [0.3, 0.4) is 0 Å². The minimum absolute atomic E-state index is 1.05. The Kier molecular flexibility index (Phi) is 3.07. The predicted molar refractivity (Wildman–Crippen MR) is 107 cm³/mol. The van der Waals surface area contributed by atoms with Crippen molar-refractivity contribution in [1.82, 2.24) is 4.98 Å². The second-order valence-electron chi connectivity index (χ2n) is 6.55. The van der Waals surface area contributed by atoms with Crippen LogP contribution in [0.25, 0.3) is 43.7 Å². The van der Waals surface area contributed by atoms with Gasteiger partial charge in [0.25, 0.3) is 0 Å². The normalized spacial score (nSPS) is 11.4. The first kappa shape index (κ1) is 14.2. The van der Waals surface area contributed by atoms with E-state index in [1.165, 1.54) is 38.1 Å². The van der Waals surface area contributed by atoms with E-state index < -0.39 is 0 Å². The fraction of sp³-hybridized carbons (Fsp3) is 0.0417. The first-order valence-electron chi connectivity index (χ1n) is 8.58. The van der Waals surface area contributed by atoms with Crippen LogP contribution in [0.5, 0.6) is 0 Å². The number of hydrogen-bond acceptors (Lipinski definition) is 1.